The SMILES string of the molecule is COCc1ccccc1C(=O)N[C@@H](CC(N)=O)C(=O)O. The third kappa shape index (κ3) is 4.36. The predicted molar refractivity (Wildman–Crippen MR) is 69.9 cm³/mol. The van der Waals surface area contributed by atoms with Crippen molar-refractivity contribution in [3.8, 4) is 0 Å². The van der Waals surface area contributed by atoms with Crippen LogP contribution in [0.15, 0.2) is 24.3 Å². The van der Waals surface area contributed by atoms with E-state index in [2.05, 4.69) is 5.32 Å². The predicted octanol–water partition coefficient (Wildman–Crippen LogP) is -0.109. The van der Waals surface area contributed by atoms with Gasteiger partial charge in [-0.25, -0.2) is 4.79 Å². The van der Waals surface area contributed by atoms with Crippen molar-refractivity contribution in [2.24, 2.45) is 5.73 Å². The Morgan fingerprint density at radius 2 is 2.00 bits per heavy atom. The summed E-state index contributed by atoms with van der Waals surface area (Å²) in [5, 5.41) is 11.2. The Balaban J connectivity index is 2.88. The quantitative estimate of drug-likeness (QED) is 0.644. The number of amides is 2. The van der Waals surface area contributed by atoms with Gasteiger partial charge in [-0.15, -0.1) is 0 Å². The van der Waals surface area contributed by atoms with E-state index >= 15 is 0 Å². The molecule has 0 aliphatic carbocycles. The summed E-state index contributed by atoms with van der Waals surface area (Å²) in [5.74, 6) is -2.71. The highest BCUT2D eigenvalue weighted by atomic mass is 16.5. The summed E-state index contributed by atoms with van der Waals surface area (Å²) in [7, 11) is 1.49. The molecule has 1 atom stereocenters. The van der Waals surface area contributed by atoms with Crippen molar-refractivity contribution < 1.29 is 24.2 Å². The Bertz CT molecular complexity index is 515. The molecule has 0 fully saturated rings. The molecule has 7 nitrogen and oxygen atoms in total. The van der Waals surface area contributed by atoms with Gasteiger partial charge in [0, 0.05) is 12.7 Å². The standard InChI is InChI=1S/C13H16N2O5/c1-20-7-8-4-2-3-5-9(8)12(17)15-10(13(18)19)6-11(14)16/h2-5,10H,6-7H2,1H3,(H2,14,16)(H,15,17)(H,18,19)/t10-/m0/s1. The first-order chi connectivity index (χ1) is 9.45. The van der Waals surface area contributed by atoms with Crippen molar-refractivity contribution in [3.63, 3.8) is 0 Å². The van der Waals surface area contributed by atoms with Gasteiger partial charge in [-0.3, -0.25) is 9.59 Å². The molecular formula is C13H16N2O5. The van der Waals surface area contributed by atoms with E-state index in [-0.39, 0.29) is 6.61 Å². The largest absolute Gasteiger partial charge is 0.480 e. The molecule has 0 heterocycles. The number of carboxylic acid groups (broad SMARTS) is 1. The van der Waals surface area contributed by atoms with Crippen molar-refractivity contribution in [1.29, 1.82) is 0 Å². The van der Waals surface area contributed by atoms with Gasteiger partial charge in [0.1, 0.15) is 6.04 Å². The molecule has 7 heteroatoms. The molecule has 1 aromatic carbocycles. The smallest absolute Gasteiger partial charge is 0.326 e. The van der Waals surface area contributed by atoms with Crippen LogP contribution >= 0.6 is 0 Å². The van der Waals surface area contributed by atoms with Crippen LogP contribution < -0.4 is 11.1 Å². The number of hydrogen-bond donors (Lipinski definition) is 3. The molecule has 2 amide bonds. The Hall–Kier alpha value is -2.41. The number of nitrogens with one attached hydrogen (secondary N) is 1. The normalized spacial score (nSPS) is 11.7. The van der Waals surface area contributed by atoms with Crippen LogP contribution in [0.1, 0.15) is 22.3 Å². The number of nitrogens with two attached hydrogens (primary N) is 1. The number of carbonyl (C=O) groups is 3. The summed E-state index contributed by atoms with van der Waals surface area (Å²) in [6.45, 7) is 0.219. The van der Waals surface area contributed by atoms with Crippen molar-refractivity contribution in [2.75, 3.05) is 7.11 Å². The minimum absolute atomic E-state index is 0.219. The van der Waals surface area contributed by atoms with Gasteiger partial charge >= 0.3 is 5.97 Å². The van der Waals surface area contributed by atoms with Crippen LogP contribution in [0.3, 0.4) is 0 Å². The van der Waals surface area contributed by atoms with E-state index in [1.54, 1.807) is 24.3 Å². The first kappa shape index (κ1) is 15.6. The molecular weight excluding hydrogens is 264 g/mol. The third-order valence-electron chi connectivity index (χ3n) is 2.57. The van der Waals surface area contributed by atoms with Gasteiger partial charge in [-0.05, 0) is 11.6 Å². The Morgan fingerprint density at radius 1 is 1.35 bits per heavy atom. The summed E-state index contributed by atoms with van der Waals surface area (Å²) in [5.41, 5.74) is 5.87. The summed E-state index contributed by atoms with van der Waals surface area (Å²) in [6.07, 6.45) is -0.465. The average Bonchev–Trinajstić information content (AvgIpc) is 2.38. The van der Waals surface area contributed by atoms with E-state index in [4.69, 9.17) is 15.6 Å². The molecule has 0 saturated carbocycles. The lowest BCUT2D eigenvalue weighted by atomic mass is 10.1. The van der Waals surface area contributed by atoms with Crippen molar-refractivity contribution in [2.45, 2.75) is 19.1 Å². The zero-order chi connectivity index (χ0) is 15.1. The average molecular weight is 280 g/mol. The highest BCUT2D eigenvalue weighted by molar-refractivity contribution is 5.98. The molecule has 0 aliphatic heterocycles. The van der Waals surface area contributed by atoms with E-state index in [1.807, 2.05) is 0 Å². The number of primary amides is 1. The number of rotatable bonds is 7. The minimum atomic E-state index is -1.35. The highest BCUT2D eigenvalue weighted by Gasteiger charge is 2.23. The van der Waals surface area contributed by atoms with Crippen LogP contribution in [-0.4, -0.2) is 36.0 Å². The van der Waals surface area contributed by atoms with Crippen molar-refractivity contribution in [3.05, 3.63) is 35.4 Å². The summed E-state index contributed by atoms with van der Waals surface area (Å²) >= 11 is 0. The first-order valence-corrected chi connectivity index (χ1v) is 5.84. The monoisotopic (exact) mass is 280 g/mol. The maximum Gasteiger partial charge on any atom is 0.326 e. The maximum atomic E-state index is 12.1. The number of carboxylic acids is 1. The second-order valence-electron chi connectivity index (χ2n) is 4.12. The van der Waals surface area contributed by atoms with Crippen LogP contribution in [-0.2, 0) is 20.9 Å². The van der Waals surface area contributed by atoms with Gasteiger partial charge in [-0.1, -0.05) is 18.2 Å². The fraction of sp³-hybridized carbons (Fsp3) is 0.308. The number of hydrogen-bond acceptors (Lipinski definition) is 4. The second kappa shape index (κ2) is 7.25. The van der Waals surface area contributed by atoms with E-state index in [0.29, 0.717) is 11.1 Å². The molecule has 0 aromatic heterocycles. The van der Waals surface area contributed by atoms with Gasteiger partial charge in [0.25, 0.3) is 5.91 Å². The maximum absolute atomic E-state index is 12.1. The van der Waals surface area contributed by atoms with Crippen LogP contribution in [0.5, 0.6) is 0 Å². The van der Waals surface area contributed by atoms with Crippen LogP contribution in [0.2, 0.25) is 0 Å². The summed E-state index contributed by atoms with van der Waals surface area (Å²) in [6, 6.07) is 5.28. The Kier molecular flexibility index (Phi) is 5.67. The number of aliphatic carboxylic acids is 1. The Morgan fingerprint density at radius 3 is 2.55 bits per heavy atom. The summed E-state index contributed by atoms with van der Waals surface area (Å²) in [4.78, 5) is 33.8. The third-order valence-corrected chi connectivity index (χ3v) is 2.57. The van der Waals surface area contributed by atoms with Crippen molar-refractivity contribution >= 4 is 17.8 Å². The Labute approximate surface area is 115 Å². The second-order valence-corrected chi connectivity index (χ2v) is 4.12. The molecule has 0 spiro atoms. The zero-order valence-electron chi connectivity index (χ0n) is 11.0. The van der Waals surface area contributed by atoms with E-state index < -0.39 is 30.2 Å². The minimum Gasteiger partial charge on any atom is -0.480 e. The van der Waals surface area contributed by atoms with Gasteiger partial charge in [0.05, 0.1) is 13.0 Å². The number of carbonyl (C=O) groups excluding carboxylic acids is 2. The number of ether oxygens (including phenoxy) is 1. The van der Waals surface area contributed by atoms with Crippen LogP contribution in [0.25, 0.3) is 0 Å². The molecule has 0 radical (unpaired) electrons. The molecule has 0 aliphatic rings. The lowest BCUT2D eigenvalue weighted by Gasteiger charge is -2.14. The highest BCUT2D eigenvalue weighted by Crippen LogP contribution is 2.10. The topological polar surface area (TPSA) is 119 Å². The van der Waals surface area contributed by atoms with Gasteiger partial charge in [0.2, 0.25) is 5.91 Å². The van der Waals surface area contributed by atoms with Gasteiger partial charge in [0.15, 0.2) is 0 Å². The lowest BCUT2D eigenvalue weighted by molar-refractivity contribution is -0.140. The number of benzene rings is 1. The molecule has 0 bridgehead atoms. The first-order valence-electron chi connectivity index (χ1n) is 5.84. The van der Waals surface area contributed by atoms with Crippen LogP contribution in [0.4, 0.5) is 0 Å². The van der Waals surface area contributed by atoms with E-state index in [1.165, 1.54) is 7.11 Å². The molecule has 20 heavy (non-hydrogen) atoms. The van der Waals surface area contributed by atoms with E-state index in [9.17, 15) is 14.4 Å². The molecule has 108 valence electrons. The molecule has 0 unspecified atom stereocenters. The fourth-order valence-electron chi connectivity index (χ4n) is 1.66. The molecule has 4 N–H and O–H groups in total. The molecule has 1 aromatic rings. The molecule has 0 saturated heterocycles. The van der Waals surface area contributed by atoms with Crippen molar-refractivity contribution in [1.82, 2.24) is 5.32 Å². The molecule has 1 rings (SSSR count). The lowest BCUT2D eigenvalue weighted by Crippen LogP contribution is -2.43. The zero-order valence-corrected chi connectivity index (χ0v) is 11.0. The van der Waals surface area contributed by atoms with Gasteiger partial charge < -0.3 is 20.9 Å². The van der Waals surface area contributed by atoms with Crippen LogP contribution in [0, 0.1) is 0 Å². The van der Waals surface area contributed by atoms with Gasteiger partial charge in [-0.2, -0.15) is 0 Å². The number of methoxy groups -OCH3 is 1. The fourth-order valence-corrected chi connectivity index (χ4v) is 1.66. The summed E-state index contributed by atoms with van der Waals surface area (Å²) < 4.78 is 4.97. The van der Waals surface area contributed by atoms with E-state index in [0.717, 1.165) is 0 Å².